The summed E-state index contributed by atoms with van der Waals surface area (Å²) >= 11 is 0. The molecule has 1 unspecified atom stereocenters. The fourth-order valence-electron chi connectivity index (χ4n) is 4.14. The van der Waals surface area contributed by atoms with Gasteiger partial charge in [0.15, 0.2) is 0 Å². The average Bonchev–Trinajstić information content (AvgIpc) is 3.29. The van der Waals surface area contributed by atoms with E-state index in [0.29, 0.717) is 29.2 Å². The van der Waals surface area contributed by atoms with E-state index in [-0.39, 0.29) is 22.3 Å². The molecule has 0 aliphatic carbocycles. The van der Waals surface area contributed by atoms with Crippen LogP contribution < -0.4 is 4.90 Å². The summed E-state index contributed by atoms with van der Waals surface area (Å²) in [5.41, 5.74) is 1.52. The molecule has 0 radical (unpaired) electrons. The molecule has 4 aromatic rings. The fraction of sp³-hybridized carbons (Fsp3) is 0.227. The van der Waals surface area contributed by atoms with Gasteiger partial charge in [0.25, 0.3) is 5.69 Å². The Kier molecular flexibility index (Phi) is 4.78. The van der Waals surface area contributed by atoms with Crippen molar-refractivity contribution in [3.63, 3.8) is 0 Å². The van der Waals surface area contributed by atoms with Gasteiger partial charge in [-0.3, -0.25) is 15.1 Å². The molecule has 9 heteroatoms. The van der Waals surface area contributed by atoms with E-state index >= 15 is 0 Å². The summed E-state index contributed by atoms with van der Waals surface area (Å²) in [5, 5.41) is 16.7. The highest BCUT2D eigenvalue weighted by Crippen LogP contribution is 2.36. The molecule has 0 amide bonds. The number of fused-ring (bicyclic) bond motifs is 1. The first-order valence-electron chi connectivity index (χ1n) is 9.96. The molecule has 1 fully saturated rings. The molecular weight excluding hydrogens is 401 g/mol. The van der Waals surface area contributed by atoms with Crippen LogP contribution in [0.25, 0.3) is 22.2 Å². The van der Waals surface area contributed by atoms with Crippen LogP contribution in [0.3, 0.4) is 0 Å². The van der Waals surface area contributed by atoms with Gasteiger partial charge in [-0.2, -0.15) is 4.98 Å². The number of halogens is 1. The van der Waals surface area contributed by atoms with Gasteiger partial charge in [0.2, 0.25) is 11.7 Å². The monoisotopic (exact) mass is 419 g/mol. The van der Waals surface area contributed by atoms with E-state index in [1.54, 1.807) is 30.5 Å². The van der Waals surface area contributed by atoms with Crippen molar-refractivity contribution < 1.29 is 13.8 Å². The number of anilines is 1. The number of rotatable bonds is 4. The van der Waals surface area contributed by atoms with Crippen LogP contribution in [-0.4, -0.2) is 33.1 Å². The van der Waals surface area contributed by atoms with Crippen molar-refractivity contribution in [3.05, 3.63) is 76.7 Å². The Balaban J connectivity index is 1.44. The van der Waals surface area contributed by atoms with Gasteiger partial charge < -0.3 is 9.42 Å². The molecule has 1 aliphatic rings. The smallest absolute Gasteiger partial charge is 0.278 e. The van der Waals surface area contributed by atoms with Crippen LogP contribution in [-0.2, 0) is 0 Å². The lowest BCUT2D eigenvalue weighted by molar-refractivity contribution is -0.383. The Morgan fingerprint density at radius 3 is 2.94 bits per heavy atom. The summed E-state index contributed by atoms with van der Waals surface area (Å²) in [6.07, 6.45) is 4.96. The molecule has 0 N–H and O–H groups in total. The quantitative estimate of drug-likeness (QED) is 0.349. The molecule has 1 saturated heterocycles. The third-order valence-electron chi connectivity index (χ3n) is 5.60. The Morgan fingerprint density at radius 2 is 2.10 bits per heavy atom. The van der Waals surface area contributed by atoms with E-state index in [2.05, 4.69) is 20.0 Å². The van der Waals surface area contributed by atoms with Crippen molar-refractivity contribution in [3.8, 4) is 11.4 Å². The van der Waals surface area contributed by atoms with E-state index in [9.17, 15) is 14.5 Å². The first-order valence-corrected chi connectivity index (χ1v) is 9.96. The van der Waals surface area contributed by atoms with Gasteiger partial charge in [0.05, 0.1) is 16.2 Å². The number of nitro benzene ring substituents is 1. The standard InChI is InChI=1S/C22H18FN5O3/c23-16-5-1-3-14(11-16)21-25-22(31-26-21)15-4-2-10-27(13-15)19-6-7-20(28(29)30)18-12-24-9-8-17(18)19/h1,3,5-9,11-12,15H,2,4,10,13H2. The Morgan fingerprint density at radius 1 is 1.19 bits per heavy atom. The van der Waals surface area contributed by atoms with Crippen LogP contribution in [0, 0.1) is 15.9 Å². The van der Waals surface area contributed by atoms with Crippen molar-refractivity contribution in [2.24, 2.45) is 0 Å². The second kappa shape index (κ2) is 7.75. The van der Waals surface area contributed by atoms with Crippen molar-refractivity contribution in [1.29, 1.82) is 0 Å². The maximum Gasteiger partial charge on any atom is 0.278 e. The Bertz CT molecular complexity index is 1270. The number of nitro groups is 1. The van der Waals surface area contributed by atoms with Crippen LogP contribution >= 0.6 is 0 Å². The first-order chi connectivity index (χ1) is 15.1. The number of non-ortho nitro benzene ring substituents is 1. The van der Waals surface area contributed by atoms with Gasteiger partial charge in [0.1, 0.15) is 5.82 Å². The normalized spacial score (nSPS) is 16.5. The predicted molar refractivity (Wildman–Crippen MR) is 112 cm³/mol. The summed E-state index contributed by atoms with van der Waals surface area (Å²) in [7, 11) is 0. The summed E-state index contributed by atoms with van der Waals surface area (Å²) in [6, 6.07) is 11.2. The van der Waals surface area contributed by atoms with Crippen LogP contribution in [0.1, 0.15) is 24.7 Å². The summed E-state index contributed by atoms with van der Waals surface area (Å²) < 4.78 is 19.0. The minimum atomic E-state index is -0.390. The van der Waals surface area contributed by atoms with E-state index in [1.807, 2.05) is 0 Å². The molecule has 0 bridgehead atoms. The van der Waals surface area contributed by atoms with Gasteiger partial charge in [-0.15, -0.1) is 0 Å². The van der Waals surface area contributed by atoms with Crippen LogP contribution in [0.4, 0.5) is 15.8 Å². The number of hydrogen-bond acceptors (Lipinski definition) is 7. The number of benzene rings is 2. The zero-order chi connectivity index (χ0) is 21.4. The molecule has 2 aromatic heterocycles. The van der Waals surface area contributed by atoms with Gasteiger partial charge in [0, 0.05) is 48.2 Å². The second-order valence-corrected chi connectivity index (χ2v) is 7.53. The van der Waals surface area contributed by atoms with Gasteiger partial charge in [-0.25, -0.2) is 4.39 Å². The lowest BCUT2D eigenvalue weighted by Gasteiger charge is -2.33. The molecule has 31 heavy (non-hydrogen) atoms. The summed E-state index contributed by atoms with van der Waals surface area (Å²) in [6.45, 7) is 1.46. The second-order valence-electron chi connectivity index (χ2n) is 7.53. The van der Waals surface area contributed by atoms with E-state index in [1.165, 1.54) is 24.4 Å². The van der Waals surface area contributed by atoms with E-state index in [0.717, 1.165) is 30.5 Å². The molecule has 156 valence electrons. The third-order valence-corrected chi connectivity index (χ3v) is 5.60. The Labute approximate surface area is 176 Å². The minimum absolute atomic E-state index is 0.00985. The zero-order valence-corrected chi connectivity index (χ0v) is 16.4. The largest absolute Gasteiger partial charge is 0.370 e. The lowest BCUT2D eigenvalue weighted by Crippen LogP contribution is -2.34. The molecule has 5 rings (SSSR count). The molecule has 2 aromatic carbocycles. The number of aromatic nitrogens is 3. The molecular formula is C22H18FN5O3. The third kappa shape index (κ3) is 3.58. The molecule has 3 heterocycles. The fourth-order valence-corrected chi connectivity index (χ4v) is 4.14. The van der Waals surface area contributed by atoms with E-state index in [4.69, 9.17) is 4.52 Å². The SMILES string of the molecule is O=[N+]([O-])c1ccc(N2CCCC(c3nc(-c4cccc(F)c4)no3)C2)c2ccncc12. The number of nitrogens with zero attached hydrogens (tertiary/aromatic N) is 5. The van der Waals surface area contributed by atoms with E-state index < -0.39 is 0 Å². The van der Waals surface area contributed by atoms with Crippen LogP contribution in [0.15, 0.2) is 59.4 Å². The molecule has 1 aliphatic heterocycles. The number of pyridine rings is 1. The number of piperidine rings is 1. The van der Waals surface area contributed by atoms with Crippen LogP contribution in [0.5, 0.6) is 0 Å². The predicted octanol–water partition coefficient (Wildman–Crippen LogP) is 4.72. The lowest BCUT2D eigenvalue weighted by atomic mass is 9.96. The maximum atomic E-state index is 13.5. The van der Waals surface area contributed by atoms with Gasteiger partial charge in [-0.05, 0) is 37.1 Å². The van der Waals surface area contributed by atoms with Gasteiger partial charge in [-0.1, -0.05) is 17.3 Å². The van der Waals surface area contributed by atoms with Crippen molar-refractivity contribution in [1.82, 2.24) is 15.1 Å². The number of hydrogen-bond donors (Lipinski definition) is 0. The highest BCUT2D eigenvalue weighted by atomic mass is 19.1. The average molecular weight is 419 g/mol. The van der Waals surface area contributed by atoms with Gasteiger partial charge >= 0.3 is 0 Å². The highest BCUT2D eigenvalue weighted by Gasteiger charge is 2.28. The van der Waals surface area contributed by atoms with Crippen molar-refractivity contribution >= 4 is 22.1 Å². The summed E-state index contributed by atoms with van der Waals surface area (Å²) in [5.74, 6) is 0.526. The molecule has 1 atom stereocenters. The molecule has 0 spiro atoms. The van der Waals surface area contributed by atoms with Crippen molar-refractivity contribution in [2.45, 2.75) is 18.8 Å². The maximum absolute atomic E-state index is 13.5. The minimum Gasteiger partial charge on any atom is -0.370 e. The summed E-state index contributed by atoms with van der Waals surface area (Å²) in [4.78, 5) is 21.8. The zero-order valence-electron chi connectivity index (χ0n) is 16.4. The topological polar surface area (TPSA) is 98.2 Å². The molecule has 0 saturated carbocycles. The molecule has 8 nitrogen and oxygen atoms in total. The van der Waals surface area contributed by atoms with Crippen molar-refractivity contribution in [2.75, 3.05) is 18.0 Å². The van der Waals surface area contributed by atoms with Crippen LogP contribution in [0.2, 0.25) is 0 Å². The Hall–Kier alpha value is -3.88. The first kappa shape index (κ1) is 19.1. The highest BCUT2D eigenvalue weighted by molar-refractivity contribution is 5.99.